The van der Waals surface area contributed by atoms with Crippen molar-refractivity contribution >= 4 is 11.6 Å². The van der Waals surface area contributed by atoms with Gasteiger partial charge in [0.25, 0.3) is 11.2 Å². The molecule has 0 saturated carbocycles. The molecule has 32 heavy (non-hydrogen) atoms. The van der Waals surface area contributed by atoms with Gasteiger partial charge in [-0.25, -0.2) is 4.68 Å². The lowest BCUT2D eigenvalue weighted by Crippen LogP contribution is -2.42. The van der Waals surface area contributed by atoms with E-state index in [1.807, 2.05) is 0 Å². The van der Waals surface area contributed by atoms with E-state index in [1.54, 1.807) is 30.3 Å². The van der Waals surface area contributed by atoms with E-state index in [2.05, 4.69) is 5.10 Å². The van der Waals surface area contributed by atoms with Gasteiger partial charge < -0.3 is 4.90 Å². The third-order valence-corrected chi connectivity index (χ3v) is 4.49. The predicted octanol–water partition coefficient (Wildman–Crippen LogP) is 3.41. The lowest BCUT2D eigenvalue weighted by atomic mass is 10.1. The van der Waals surface area contributed by atoms with Crippen LogP contribution in [0.2, 0.25) is 0 Å². The van der Waals surface area contributed by atoms with E-state index in [9.17, 15) is 32.9 Å². The summed E-state index contributed by atoms with van der Waals surface area (Å²) in [6.45, 7) is -3.04. The van der Waals surface area contributed by atoms with Gasteiger partial charge in [0, 0.05) is 23.3 Å². The number of amides is 1. The standard InChI is InChI=1S/C21H17F3N4O4/c22-21(23,24)14-26(12-16-8-4-5-9-18(16)28(31)32)20(30)13-27-19(29)11-10-17(25-27)15-6-2-1-3-7-15/h1-11H,12-14H2. The number of nitrogens with zero attached hydrogens (tertiary/aromatic N) is 4. The third kappa shape index (κ3) is 5.78. The molecule has 8 nitrogen and oxygen atoms in total. The van der Waals surface area contributed by atoms with Crippen LogP contribution >= 0.6 is 0 Å². The van der Waals surface area contributed by atoms with Crippen molar-refractivity contribution in [2.45, 2.75) is 19.3 Å². The summed E-state index contributed by atoms with van der Waals surface area (Å²) in [6.07, 6.45) is -4.75. The molecule has 0 atom stereocenters. The van der Waals surface area contributed by atoms with E-state index in [0.29, 0.717) is 16.2 Å². The molecule has 0 radical (unpaired) electrons. The molecular weight excluding hydrogens is 429 g/mol. The minimum Gasteiger partial charge on any atom is -0.327 e. The number of carbonyl (C=O) groups excluding carboxylic acids is 1. The highest BCUT2D eigenvalue weighted by atomic mass is 19.4. The Kier molecular flexibility index (Phi) is 6.67. The molecule has 166 valence electrons. The van der Waals surface area contributed by atoms with Gasteiger partial charge in [0.1, 0.15) is 13.1 Å². The maximum atomic E-state index is 13.1. The van der Waals surface area contributed by atoms with E-state index < -0.39 is 47.9 Å². The second-order valence-electron chi connectivity index (χ2n) is 6.83. The number of benzene rings is 2. The summed E-state index contributed by atoms with van der Waals surface area (Å²) in [7, 11) is 0. The highest BCUT2D eigenvalue weighted by Crippen LogP contribution is 2.23. The van der Waals surface area contributed by atoms with E-state index in [-0.39, 0.29) is 5.56 Å². The maximum Gasteiger partial charge on any atom is 0.406 e. The van der Waals surface area contributed by atoms with Gasteiger partial charge in [0.2, 0.25) is 5.91 Å². The Morgan fingerprint density at radius 1 is 1.03 bits per heavy atom. The SMILES string of the molecule is O=C(Cn1nc(-c2ccccc2)ccc1=O)N(Cc1ccccc1[N+](=O)[O-])CC(F)(F)F. The number of alkyl halides is 3. The van der Waals surface area contributed by atoms with Gasteiger partial charge in [-0.15, -0.1) is 0 Å². The largest absolute Gasteiger partial charge is 0.406 e. The zero-order chi connectivity index (χ0) is 23.3. The number of nitro benzene ring substituents is 1. The normalized spacial score (nSPS) is 11.2. The highest BCUT2D eigenvalue weighted by molar-refractivity contribution is 5.76. The first-order chi connectivity index (χ1) is 15.1. The molecule has 11 heteroatoms. The van der Waals surface area contributed by atoms with Crippen molar-refractivity contribution in [2.24, 2.45) is 0 Å². The van der Waals surface area contributed by atoms with Gasteiger partial charge in [-0.2, -0.15) is 18.3 Å². The average molecular weight is 446 g/mol. The van der Waals surface area contributed by atoms with Gasteiger partial charge in [0.05, 0.1) is 17.2 Å². The smallest absolute Gasteiger partial charge is 0.327 e. The maximum absolute atomic E-state index is 13.1. The molecule has 0 aliphatic carbocycles. The summed E-state index contributed by atoms with van der Waals surface area (Å²) in [5.74, 6) is -1.06. The lowest BCUT2D eigenvalue weighted by Gasteiger charge is -2.24. The summed E-state index contributed by atoms with van der Waals surface area (Å²) in [5, 5.41) is 15.3. The van der Waals surface area contributed by atoms with Crippen molar-refractivity contribution in [3.8, 4) is 11.3 Å². The number of nitro groups is 1. The van der Waals surface area contributed by atoms with Crippen molar-refractivity contribution in [2.75, 3.05) is 6.54 Å². The molecule has 0 saturated heterocycles. The fraction of sp³-hybridized carbons (Fsp3) is 0.190. The van der Waals surface area contributed by atoms with Crippen LogP contribution in [0, 0.1) is 10.1 Å². The van der Waals surface area contributed by atoms with E-state index >= 15 is 0 Å². The molecule has 0 unspecified atom stereocenters. The molecular formula is C21H17F3N4O4. The summed E-state index contributed by atoms with van der Waals surface area (Å²) in [5.41, 5.74) is -0.127. The van der Waals surface area contributed by atoms with Gasteiger partial charge in [-0.1, -0.05) is 48.5 Å². The van der Waals surface area contributed by atoms with Gasteiger partial charge in [-0.3, -0.25) is 19.7 Å². The molecule has 0 bridgehead atoms. The lowest BCUT2D eigenvalue weighted by molar-refractivity contribution is -0.385. The van der Waals surface area contributed by atoms with Gasteiger partial charge >= 0.3 is 6.18 Å². The first kappa shape index (κ1) is 22.7. The molecule has 0 N–H and O–H groups in total. The van der Waals surface area contributed by atoms with Gasteiger partial charge in [-0.05, 0) is 6.07 Å². The minimum atomic E-state index is -4.75. The molecule has 0 fully saturated rings. The Morgan fingerprint density at radius 3 is 2.34 bits per heavy atom. The topological polar surface area (TPSA) is 98.3 Å². The summed E-state index contributed by atoms with van der Waals surface area (Å²) in [4.78, 5) is 35.8. The van der Waals surface area contributed by atoms with E-state index in [1.165, 1.54) is 30.3 Å². The Hall–Kier alpha value is -4.02. The summed E-state index contributed by atoms with van der Waals surface area (Å²) < 4.78 is 40.1. The highest BCUT2D eigenvalue weighted by Gasteiger charge is 2.34. The van der Waals surface area contributed by atoms with Crippen molar-refractivity contribution in [1.29, 1.82) is 0 Å². The van der Waals surface area contributed by atoms with Crippen molar-refractivity contribution in [3.05, 3.63) is 92.8 Å². The number of hydrogen-bond donors (Lipinski definition) is 0. The molecule has 3 aromatic rings. The molecule has 0 aliphatic heterocycles. The molecule has 3 rings (SSSR count). The van der Waals surface area contributed by atoms with Crippen LogP contribution in [-0.2, 0) is 17.9 Å². The minimum absolute atomic E-state index is 0.0616. The van der Waals surface area contributed by atoms with Crippen LogP contribution in [0.1, 0.15) is 5.56 Å². The second-order valence-corrected chi connectivity index (χ2v) is 6.83. The van der Waals surface area contributed by atoms with Crippen LogP contribution < -0.4 is 5.56 Å². The van der Waals surface area contributed by atoms with Crippen LogP contribution in [0.5, 0.6) is 0 Å². The number of para-hydroxylation sites is 1. The van der Waals surface area contributed by atoms with Crippen LogP contribution in [0.3, 0.4) is 0 Å². The monoisotopic (exact) mass is 446 g/mol. The van der Waals surface area contributed by atoms with Crippen LogP contribution in [0.25, 0.3) is 11.3 Å². The quantitative estimate of drug-likeness (QED) is 0.409. The summed E-state index contributed by atoms with van der Waals surface area (Å²) >= 11 is 0. The fourth-order valence-corrected chi connectivity index (χ4v) is 3.03. The number of aromatic nitrogens is 2. The second kappa shape index (κ2) is 9.41. The zero-order valence-electron chi connectivity index (χ0n) is 16.5. The van der Waals surface area contributed by atoms with E-state index in [4.69, 9.17) is 0 Å². The number of halogens is 3. The molecule has 0 aliphatic rings. The van der Waals surface area contributed by atoms with Crippen LogP contribution in [0.4, 0.5) is 18.9 Å². The van der Waals surface area contributed by atoms with Gasteiger partial charge in [0.15, 0.2) is 0 Å². The fourth-order valence-electron chi connectivity index (χ4n) is 3.03. The molecule has 1 amide bonds. The Labute approximate surface area is 179 Å². The summed E-state index contributed by atoms with van der Waals surface area (Å²) in [6, 6.07) is 16.5. The zero-order valence-corrected chi connectivity index (χ0v) is 16.5. The first-order valence-corrected chi connectivity index (χ1v) is 9.34. The number of rotatable bonds is 7. The molecule has 2 aromatic carbocycles. The Balaban J connectivity index is 1.90. The number of carbonyl (C=O) groups is 1. The molecule has 1 heterocycles. The van der Waals surface area contributed by atoms with E-state index in [0.717, 1.165) is 10.7 Å². The Morgan fingerprint density at radius 2 is 1.69 bits per heavy atom. The first-order valence-electron chi connectivity index (χ1n) is 9.34. The average Bonchev–Trinajstić information content (AvgIpc) is 2.74. The molecule has 0 spiro atoms. The van der Waals surface area contributed by atoms with Crippen molar-refractivity contribution in [1.82, 2.24) is 14.7 Å². The molecule has 1 aromatic heterocycles. The Bertz CT molecular complexity index is 1180. The van der Waals surface area contributed by atoms with Crippen LogP contribution in [0.15, 0.2) is 71.5 Å². The predicted molar refractivity (Wildman–Crippen MR) is 109 cm³/mol. The number of hydrogen-bond acceptors (Lipinski definition) is 5. The third-order valence-electron chi connectivity index (χ3n) is 4.49. The van der Waals surface area contributed by atoms with Crippen molar-refractivity contribution < 1.29 is 22.9 Å². The van der Waals surface area contributed by atoms with Crippen LogP contribution in [-0.4, -0.2) is 38.2 Å². The van der Waals surface area contributed by atoms with Crippen molar-refractivity contribution in [3.63, 3.8) is 0 Å².